The van der Waals surface area contributed by atoms with Crippen molar-refractivity contribution in [3.8, 4) is 0 Å². The van der Waals surface area contributed by atoms with E-state index in [-0.39, 0.29) is 5.91 Å². The molecule has 6 heteroatoms. The number of rotatable bonds is 2. The van der Waals surface area contributed by atoms with E-state index >= 15 is 0 Å². The van der Waals surface area contributed by atoms with Crippen molar-refractivity contribution in [1.29, 1.82) is 0 Å². The van der Waals surface area contributed by atoms with Crippen molar-refractivity contribution in [2.24, 2.45) is 0 Å². The Morgan fingerprint density at radius 3 is 2.73 bits per heavy atom. The van der Waals surface area contributed by atoms with Crippen LogP contribution in [0.2, 0.25) is 5.02 Å². The molecule has 0 aliphatic carbocycles. The van der Waals surface area contributed by atoms with Crippen molar-refractivity contribution in [2.45, 2.75) is 19.4 Å². The number of carbonyl (C=O) groups is 1. The zero-order valence-corrected chi connectivity index (χ0v) is 13.0. The van der Waals surface area contributed by atoms with Gasteiger partial charge in [0.1, 0.15) is 0 Å². The van der Waals surface area contributed by atoms with Crippen LogP contribution in [-0.2, 0) is 10.3 Å². The molecule has 1 amide bonds. The van der Waals surface area contributed by atoms with Crippen molar-refractivity contribution in [2.75, 3.05) is 5.32 Å². The number of benzene rings is 2. The summed E-state index contributed by atoms with van der Waals surface area (Å²) in [5, 5.41) is 13.2. The molecule has 0 saturated carbocycles. The number of halogens is 1. The Hall–Kier alpha value is -1.82. The van der Waals surface area contributed by atoms with Crippen LogP contribution in [0.1, 0.15) is 29.8 Å². The summed E-state index contributed by atoms with van der Waals surface area (Å²) in [5.74, 6) is -0.293. The highest BCUT2D eigenvalue weighted by molar-refractivity contribution is 6.62. The Kier molecular flexibility index (Phi) is 3.72. The van der Waals surface area contributed by atoms with Gasteiger partial charge < -0.3 is 15.0 Å². The fourth-order valence-corrected chi connectivity index (χ4v) is 2.86. The van der Waals surface area contributed by atoms with Crippen LogP contribution in [0.15, 0.2) is 42.5 Å². The van der Waals surface area contributed by atoms with Gasteiger partial charge in [-0.15, -0.1) is 0 Å². The predicted octanol–water partition coefficient (Wildman–Crippen LogP) is 2.55. The first-order valence-electron chi connectivity index (χ1n) is 6.95. The first-order valence-corrected chi connectivity index (χ1v) is 7.32. The summed E-state index contributed by atoms with van der Waals surface area (Å²) in [6.45, 7) is 3.79. The highest BCUT2D eigenvalue weighted by Gasteiger charge is 2.40. The van der Waals surface area contributed by atoms with Gasteiger partial charge in [-0.25, -0.2) is 0 Å². The van der Waals surface area contributed by atoms with E-state index in [0.717, 1.165) is 5.56 Å². The summed E-state index contributed by atoms with van der Waals surface area (Å²) < 4.78 is 5.50. The van der Waals surface area contributed by atoms with E-state index in [0.29, 0.717) is 21.7 Å². The van der Waals surface area contributed by atoms with Crippen LogP contribution in [0.4, 0.5) is 5.69 Å². The molecule has 1 heterocycles. The largest absolute Gasteiger partial charge is 0.492 e. The molecule has 22 heavy (non-hydrogen) atoms. The molecule has 0 bridgehead atoms. The highest BCUT2D eigenvalue weighted by Crippen LogP contribution is 2.30. The van der Waals surface area contributed by atoms with E-state index in [2.05, 4.69) is 5.32 Å². The van der Waals surface area contributed by atoms with Crippen molar-refractivity contribution in [3.63, 3.8) is 0 Å². The maximum absolute atomic E-state index is 12.3. The van der Waals surface area contributed by atoms with Gasteiger partial charge in [-0.1, -0.05) is 29.8 Å². The number of carbonyl (C=O) groups excluding carboxylic acids is 1. The molecule has 0 aromatic heterocycles. The fraction of sp³-hybridized carbons (Fsp3) is 0.188. The van der Waals surface area contributed by atoms with Crippen LogP contribution < -0.4 is 10.8 Å². The maximum atomic E-state index is 12.3. The summed E-state index contributed by atoms with van der Waals surface area (Å²) in [4.78, 5) is 12.3. The van der Waals surface area contributed by atoms with Gasteiger partial charge in [0.05, 0.1) is 16.2 Å². The van der Waals surface area contributed by atoms with Crippen molar-refractivity contribution < 1.29 is 14.5 Å². The molecule has 0 spiro atoms. The van der Waals surface area contributed by atoms with Gasteiger partial charge >= 0.3 is 7.12 Å². The van der Waals surface area contributed by atoms with Crippen LogP contribution in [0.25, 0.3) is 0 Å². The normalized spacial score (nSPS) is 15.5. The zero-order valence-electron chi connectivity index (χ0n) is 12.3. The minimum Gasteiger partial charge on any atom is -0.423 e. The second-order valence-electron chi connectivity index (χ2n) is 5.72. The lowest BCUT2D eigenvalue weighted by Gasteiger charge is -2.19. The quantitative estimate of drug-likeness (QED) is 0.837. The summed E-state index contributed by atoms with van der Waals surface area (Å²) in [5.41, 5.74) is 2.03. The van der Waals surface area contributed by atoms with E-state index in [1.165, 1.54) is 0 Å². The first-order chi connectivity index (χ1) is 10.4. The van der Waals surface area contributed by atoms with Crippen molar-refractivity contribution in [1.82, 2.24) is 0 Å². The molecule has 0 radical (unpaired) electrons. The standard InChI is InChI=1S/C16H15BClNO3/c1-16(2)12-8-7-10(9-13(12)17(21)22-16)19-15(20)11-5-3-4-6-14(11)18/h3-9,21H,1-2H3,(H,19,20). The smallest absolute Gasteiger partial charge is 0.423 e. The van der Waals surface area contributed by atoms with Crippen LogP contribution in [-0.4, -0.2) is 18.0 Å². The van der Waals surface area contributed by atoms with Gasteiger partial charge in [0, 0.05) is 5.69 Å². The lowest BCUT2D eigenvalue weighted by molar-refractivity contribution is 0.101. The van der Waals surface area contributed by atoms with Gasteiger partial charge in [-0.05, 0) is 49.1 Å². The van der Waals surface area contributed by atoms with Crippen LogP contribution in [0.3, 0.4) is 0 Å². The molecule has 112 valence electrons. The van der Waals surface area contributed by atoms with Crippen LogP contribution in [0.5, 0.6) is 0 Å². The van der Waals surface area contributed by atoms with Gasteiger partial charge in [-0.3, -0.25) is 4.79 Å². The van der Waals surface area contributed by atoms with Crippen LogP contribution >= 0.6 is 11.6 Å². The van der Waals surface area contributed by atoms with E-state index in [9.17, 15) is 9.82 Å². The zero-order chi connectivity index (χ0) is 15.9. The molecule has 1 aliphatic rings. The second-order valence-corrected chi connectivity index (χ2v) is 6.12. The molecule has 2 aromatic rings. The molecule has 0 fully saturated rings. The third kappa shape index (κ3) is 2.63. The Bertz CT molecular complexity index is 748. The molecule has 2 aromatic carbocycles. The summed E-state index contributed by atoms with van der Waals surface area (Å²) in [6, 6.07) is 12.2. The summed E-state index contributed by atoms with van der Waals surface area (Å²) in [7, 11) is -0.984. The van der Waals surface area contributed by atoms with Gasteiger partial charge in [0.2, 0.25) is 0 Å². The molecular formula is C16H15BClNO3. The topological polar surface area (TPSA) is 58.6 Å². The molecule has 4 nitrogen and oxygen atoms in total. The Labute approximate surface area is 134 Å². The van der Waals surface area contributed by atoms with Crippen molar-refractivity contribution in [3.05, 3.63) is 58.6 Å². The SMILES string of the molecule is CC1(C)OB(O)c2cc(NC(=O)c3ccccc3Cl)ccc21. The second kappa shape index (κ2) is 5.43. The lowest BCUT2D eigenvalue weighted by atomic mass is 9.78. The molecule has 0 saturated heterocycles. The number of hydrogen-bond acceptors (Lipinski definition) is 3. The monoisotopic (exact) mass is 315 g/mol. The Morgan fingerprint density at radius 2 is 2.00 bits per heavy atom. The average Bonchev–Trinajstić information content (AvgIpc) is 2.69. The van der Waals surface area contributed by atoms with E-state index in [1.54, 1.807) is 36.4 Å². The van der Waals surface area contributed by atoms with Gasteiger partial charge in [0.25, 0.3) is 5.91 Å². The maximum Gasteiger partial charge on any atom is 0.492 e. The Morgan fingerprint density at radius 1 is 1.27 bits per heavy atom. The highest BCUT2D eigenvalue weighted by atomic mass is 35.5. The number of anilines is 1. The van der Waals surface area contributed by atoms with Crippen LogP contribution in [0, 0.1) is 0 Å². The number of nitrogens with one attached hydrogen (secondary N) is 1. The van der Waals surface area contributed by atoms with Gasteiger partial charge in [-0.2, -0.15) is 0 Å². The van der Waals surface area contributed by atoms with Gasteiger partial charge in [0.15, 0.2) is 0 Å². The summed E-state index contributed by atoms with van der Waals surface area (Å²) >= 11 is 6.02. The number of hydrogen-bond donors (Lipinski definition) is 2. The molecule has 2 N–H and O–H groups in total. The van der Waals surface area contributed by atoms with E-state index < -0.39 is 12.7 Å². The number of fused-ring (bicyclic) bond motifs is 1. The predicted molar refractivity (Wildman–Crippen MR) is 87.6 cm³/mol. The third-order valence-corrected chi connectivity index (χ3v) is 4.08. The molecule has 0 unspecified atom stereocenters. The number of amides is 1. The minimum atomic E-state index is -0.984. The van der Waals surface area contributed by atoms with E-state index in [4.69, 9.17) is 16.3 Å². The molecule has 0 atom stereocenters. The Balaban J connectivity index is 1.88. The fourth-order valence-electron chi connectivity index (χ4n) is 2.64. The molecule has 1 aliphatic heterocycles. The lowest BCUT2D eigenvalue weighted by Crippen LogP contribution is -2.29. The van der Waals surface area contributed by atoms with E-state index in [1.807, 2.05) is 19.9 Å². The first kappa shape index (κ1) is 15.1. The molecule has 3 rings (SSSR count). The summed E-state index contributed by atoms with van der Waals surface area (Å²) in [6.07, 6.45) is 0. The third-order valence-electron chi connectivity index (χ3n) is 3.75. The minimum absolute atomic E-state index is 0.293. The average molecular weight is 316 g/mol. The molecular weight excluding hydrogens is 300 g/mol. The van der Waals surface area contributed by atoms with Crippen molar-refractivity contribution >= 4 is 35.8 Å².